The number of carboxylic acid groups (broad SMARTS) is 1. The number of hydrogen-bond donors (Lipinski definition) is 2. The van der Waals surface area contributed by atoms with Gasteiger partial charge in [0.05, 0.1) is 23.2 Å². The molecule has 0 bridgehead atoms. The van der Waals surface area contributed by atoms with Crippen LogP contribution >= 0.6 is 0 Å². The summed E-state index contributed by atoms with van der Waals surface area (Å²) in [5.41, 5.74) is 1.13. The average molecular weight is 365 g/mol. The van der Waals surface area contributed by atoms with Gasteiger partial charge in [0.15, 0.2) is 0 Å². The van der Waals surface area contributed by atoms with Crippen LogP contribution in [0.1, 0.15) is 50.1 Å². The summed E-state index contributed by atoms with van der Waals surface area (Å²) in [6.07, 6.45) is 5.34. The van der Waals surface area contributed by atoms with E-state index < -0.39 is 16.0 Å². The van der Waals surface area contributed by atoms with Gasteiger partial charge in [0.1, 0.15) is 4.90 Å². The quantitative estimate of drug-likeness (QED) is 0.831. The van der Waals surface area contributed by atoms with Gasteiger partial charge in [-0.2, -0.15) is 0 Å². The van der Waals surface area contributed by atoms with Crippen molar-refractivity contribution in [2.75, 3.05) is 0 Å². The summed E-state index contributed by atoms with van der Waals surface area (Å²) in [6.45, 7) is 0. The van der Waals surface area contributed by atoms with Crippen LogP contribution in [0.5, 0.6) is 0 Å². The predicted octanol–water partition coefficient (Wildman–Crippen LogP) is 2.02. The van der Waals surface area contributed by atoms with Crippen LogP contribution < -0.4 is 4.72 Å². The Bertz CT molecular complexity index is 911. The van der Waals surface area contributed by atoms with Gasteiger partial charge in [-0.05, 0) is 44.6 Å². The molecule has 0 unspecified atom stereocenters. The molecule has 2 fully saturated rings. The second-order valence-corrected chi connectivity index (χ2v) is 8.59. The zero-order chi connectivity index (χ0) is 17.6. The van der Waals surface area contributed by atoms with E-state index in [1.807, 2.05) is 0 Å². The van der Waals surface area contributed by atoms with Crippen LogP contribution in [0, 0.1) is 5.92 Å². The number of carboxylic acids is 1. The van der Waals surface area contributed by atoms with Crippen LogP contribution in [0.4, 0.5) is 0 Å². The molecule has 0 amide bonds. The highest BCUT2D eigenvalue weighted by molar-refractivity contribution is 7.89. The molecule has 0 spiro atoms. The Morgan fingerprint density at radius 1 is 1.20 bits per heavy atom. The third-order valence-corrected chi connectivity index (χ3v) is 6.49. The fraction of sp³-hybridized carbons (Fsp3) is 0.562. The van der Waals surface area contributed by atoms with Gasteiger partial charge < -0.3 is 9.63 Å². The number of sulfonamides is 1. The Hall–Kier alpha value is -2.00. The van der Waals surface area contributed by atoms with Crippen molar-refractivity contribution >= 4 is 27.1 Å². The number of nitrogens with zero attached hydrogens (tertiary/aromatic N) is 2. The molecule has 134 valence electrons. The van der Waals surface area contributed by atoms with Crippen molar-refractivity contribution in [3.63, 3.8) is 0 Å². The van der Waals surface area contributed by atoms with Crippen molar-refractivity contribution in [1.82, 2.24) is 14.9 Å². The largest absolute Gasteiger partial charge is 0.481 e. The molecule has 0 radical (unpaired) electrons. The van der Waals surface area contributed by atoms with Crippen LogP contribution in [-0.4, -0.2) is 35.7 Å². The van der Waals surface area contributed by atoms with E-state index in [4.69, 9.17) is 9.63 Å². The topological polar surface area (TPSA) is 122 Å². The van der Waals surface area contributed by atoms with Gasteiger partial charge in [0, 0.05) is 12.0 Å². The molecule has 2 aromatic rings. The Labute approximate surface area is 144 Å². The number of pyridine rings is 1. The molecule has 0 aromatic carbocycles. The maximum atomic E-state index is 12.7. The molecular formula is C16H19N3O5S. The predicted molar refractivity (Wildman–Crippen MR) is 87.5 cm³/mol. The maximum Gasteiger partial charge on any atom is 0.306 e. The van der Waals surface area contributed by atoms with E-state index in [-0.39, 0.29) is 16.9 Å². The molecule has 9 heteroatoms. The van der Waals surface area contributed by atoms with E-state index in [9.17, 15) is 13.2 Å². The minimum absolute atomic E-state index is 0.0884. The third-order valence-electron chi connectivity index (χ3n) is 5.01. The van der Waals surface area contributed by atoms with Crippen molar-refractivity contribution in [2.45, 2.75) is 55.4 Å². The summed E-state index contributed by atoms with van der Waals surface area (Å²) in [7, 11) is -3.72. The molecule has 25 heavy (non-hydrogen) atoms. The number of aliphatic carboxylic acids is 1. The minimum atomic E-state index is -3.72. The maximum absolute atomic E-state index is 12.7. The van der Waals surface area contributed by atoms with Crippen molar-refractivity contribution in [1.29, 1.82) is 0 Å². The minimum Gasteiger partial charge on any atom is -0.481 e. The van der Waals surface area contributed by atoms with Gasteiger partial charge in [0.2, 0.25) is 10.0 Å². The molecule has 2 aliphatic rings. The van der Waals surface area contributed by atoms with Crippen LogP contribution in [-0.2, 0) is 14.8 Å². The molecule has 2 aromatic heterocycles. The van der Waals surface area contributed by atoms with Gasteiger partial charge in [-0.3, -0.25) is 4.79 Å². The number of rotatable bonds is 5. The zero-order valence-corrected chi connectivity index (χ0v) is 14.3. The number of aromatic nitrogens is 2. The first-order valence-corrected chi connectivity index (χ1v) is 9.93. The smallest absolute Gasteiger partial charge is 0.306 e. The van der Waals surface area contributed by atoms with E-state index in [2.05, 4.69) is 14.9 Å². The summed E-state index contributed by atoms with van der Waals surface area (Å²) in [5.74, 6) is -0.854. The second kappa shape index (κ2) is 6.06. The van der Waals surface area contributed by atoms with E-state index in [0.717, 1.165) is 18.5 Å². The first-order valence-electron chi connectivity index (χ1n) is 8.44. The lowest BCUT2D eigenvalue weighted by Crippen LogP contribution is -2.38. The van der Waals surface area contributed by atoms with Crippen molar-refractivity contribution in [3.05, 3.63) is 18.0 Å². The fourth-order valence-electron chi connectivity index (χ4n) is 3.37. The SMILES string of the molecule is O=C(O)C1CCC(NS(=O)(=O)c2cnc3onc(C4CC4)c3c2)CC1. The molecule has 4 rings (SSSR count). The van der Waals surface area contributed by atoms with E-state index in [1.165, 1.54) is 6.20 Å². The molecular weight excluding hydrogens is 346 g/mol. The summed E-state index contributed by atoms with van der Waals surface area (Å²) >= 11 is 0. The number of nitrogens with one attached hydrogen (secondary N) is 1. The van der Waals surface area contributed by atoms with Crippen molar-refractivity contribution in [2.24, 2.45) is 5.92 Å². The molecule has 2 N–H and O–H groups in total. The van der Waals surface area contributed by atoms with E-state index in [0.29, 0.717) is 42.7 Å². The average Bonchev–Trinajstić information content (AvgIpc) is 3.33. The number of carbonyl (C=O) groups is 1. The highest BCUT2D eigenvalue weighted by Gasteiger charge is 2.32. The molecule has 0 atom stereocenters. The first kappa shape index (κ1) is 16.5. The van der Waals surface area contributed by atoms with Gasteiger partial charge in [-0.25, -0.2) is 18.1 Å². The summed E-state index contributed by atoms with van der Waals surface area (Å²) in [5, 5.41) is 13.7. The summed E-state index contributed by atoms with van der Waals surface area (Å²) in [6, 6.07) is 1.32. The number of hydrogen-bond acceptors (Lipinski definition) is 6. The lowest BCUT2D eigenvalue weighted by molar-refractivity contribution is -0.142. The van der Waals surface area contributed by atoms with Gasteiger partial charge in [0.25, 0.3) is 5.71 Å². The highest BCUT2D eigenvalue weighted by atomic mass is 32.2. The first-order chi connectivity index (χ1) is 11.9. The molecule has 2 saturated carbocycles. The summed E-state index contributed by atoms with van der Waals surface area (Å²) in [4.78, 5) is 15.2. The van der Waals surface area contributed by atoms with Crippen molar-refractivity contribution < 1.29 is 22.8 Å². The standard InChI is InChI=1S/C16H19N3O5S/c20-16(21)10-3-5-11(6-4-10)19-25(22,23)12-7-13-14(9-1-2-9)18-24-15(13)17-8-12/h7-11,19H,1-6H2,(H,20,21). The van der Waals surface area contributed by atoms with Crippen LogP contribution in [0.15, 0.2) is 21.7 Å². The molecule has 8 nitrogen and oxygen atoms in total. The van der Waals surface area contributed by atoms with Gasteiger partial charge in [-0.15, -0.1) is 0 Å². The van der Waals surface area contributed by atoms with Crippen LogP contribution in [0.2, 0.25) is 0 Å². The van der Waals surface area contributed by atoms with E-state index in [1.54, 1.807) is 6.07 Å². The van der Waals surface area contributed by atoms with E-state index >= 15 is 0 Å². The summed E-state index contributed by atoms with van der Waals surface area (Å²) < 4.78 is 33.2. The second-order valence-electron chi connectivity index (χ2n) is 6.87. The fourth-order valence-corrected chi connectivity index (χ4v) is 4.65. The van der Waals surface area contributed by atoms with Crippen molar-refractivity contribution in [3.8, 4) is 0 Å². The normalized spacial score (nSPS) is 24.5. The highest BCUT2D eigenvalue weighted by Crippen LogP contribution is 2.42. The molecule has 0 saturated heterocycles. The molecule has 2 heterocycles. The van der Waals surface area contributed by atoms with Gasteiger partial charge >= 0.3 is 5.97 Å². The van der Waals surface area contributed by atoms with Crippen LogP contribution in [0.3, 0.4) is 0 Å². The Morgan fingerprint density at radius 3 is 2.56 bits per heavy atom. The number of fused-ring (bicyclic) bond motifs is 1. The Balaban J connectivity index is 1.53. The third kappa shape index (κ3) is 3.25. The van der Waals surface area contributed by atoms with Crippen LogP contribution in [0.25, 0.3) is 11.1 Å². The molecule has 0 aliphatic heterocycles. The molecule has 2 aliphatic carbocycles. The Morgan fingerprint density at radius 2 is 1.92 bits per heavy atom. The lowest BCUT2D eigenvalue weighted by Gasteiger charge is -2.26. The monoisotopic (exact) mass is 365 g/mol. The van der Waals surface area contributed by atoms with Gasteiger partial charge in [-0.1, -0.05) is 5.16 Å². The lowest BCUT2D eigenvalue weighted by atomic mass is 9.87. The zero-order valence-electron chi connectivity index (χ0n) is 13.5. The Kier molecular flexibility index (Phi) is 3.99.